The Hall–Kier alpha value is -0.0500. The second-order valence-corrected chi connectivity index (χ2v) is 1.55. The molecule has 50 valence electrons. The van der Waals surface area contributed by atoms with Crippen molar-refractivity contribution in [3.63, 3.8) is 0 Å². The molecule has 3 N–H and O–H groups in total. The number of hydrogen-bond acceptors (Lipinski definition) is 2. The van der Waals surface area contributed by atoms with Gasteiger partial charge in [-0.3, -0.25) is 0 Å². The van der Waals surface area contributed by atoms with Crippen molar-refractivity contribution in [2.75, 3.05) is 0 Å². The summed E-state index contributed by atoms with van der Waals surface area (Å²) in [6, 6.07) is -0.278. The third-order valence-corrected chi connectivity index (χ3v) is 0.829. The van der Waals surface area contributed by atoms with E-state index in [1.165, 1.54) is 6.08 Å². The second kappa shape index (κ2) is 5.09. The van der Waals surface area contributed by atoms with Gasteiger partial charge in [-0.2, -0.15) is 0 Å². The Kier molecular flexibility index (Phi) is 6.91. The van der Waals surface area contributed by atoms with Gasteiger partial charge in [0.15, 0.2) is 0 Å². The molecule has 0 amide bonds. The summed E-state index contributed by atoms with van der Waals surface area (Å²) in [5.41, 5.74) is 5.25. The average molecular weight is 138 g/mol. The molecule has 0 aromatic rings. The van der Waals surface area contributed by atoms with Crippen LogP contribution >= 0.6 is 12.4 Å². The minimum Gasteiger partial charge on any atom is -0.391 e. The molecule has 0 rings (SSSR count). The molecule has 0 saturated carbocycles. The Labute approximate surface area is 55.8 Å². The van der Waals surface area contributed by atoms with Gasteiger partial charge in [-0.05, 0) is 6.92 Å². The van der Waals surface area contributed by atoms with Crippen molar-refractivity contribution in [1.82, 2.24) is 0 Å². The van der Waals surface area contributed by atoms with E-state index in [9.17, 15) is 0 Å². The monoisotopic (exact) mass is 137 g/mol. The van der Waals surface area contributed by atoms with Crippen LogP contribution in [0.15, 0.2) is 12.7 Å². The van der Waals surface area contributed by atoms with Gasteiger partial charge in [-0.25, -0.2) is 0 Å². The number of nitrogens with two attached hydrogens (primary N) is 1. The van der Waals surface area contributed by atoms with E-state index in [0.717, 1.165) is 0 Å². The summed E-state index contributed by atoms with van der Waals surface area (Å²) in [6.45, 7) is 5.03. The number of aliphatic hydroxyl groups is 1. The van der Waals surface area contributed by atoms with Gasteiger partial charge in [0.1, 0.15) is 0 Å². The Balaban J connectivity index is 0. The molecule has 0 aromatic heterocycles. The predicted octanol–water partition coefficient (Wildman–Crippen LogP) is 0.302. The number of rotatable bonds is 2. The van der Waals surface area contributed by atoms with Crippen LogP contribution in [0.3, 0.4) is 0 Å². The van der Waals surface area contributed by atoms with E-state index in [0.29, 0.717) is 0 Å². The molecule has 0 heterocycles. The molecule has 2 atom stereocenters. The SMILES string of the molecule is C=C[C@@H](N)[C@@H](C)O.Cl. The fourth-order valence-corrected chi connectivity index (χ4v) is 0.197. The lowest BCUT2D eigenvalue weighted by atomic mass is 10.2. The fraction of sp³-hybridized carbons (Fsp3) is 0.600. The van der Waals surface area contributed by atoms with Crippen molar-refractivity contribution >= 4 is 12.4 Å². The maximum atomic E-state index is 8.62. The van der Waals surface area contributed by atoms with Crippen LogP contribution in [0.1, 0.15) is 6.92 Å². The highest BCUT2D eigenvalue weighted by Gasteiger charge is 2.00. The summed E-state index contributed by atoms with van der Waals surface area (Å²) in [5, 5.41) is 8.62. The largest absolute Gasteiger partial charge is 0.391 e. The molecule has 8 heavy (non-hydrogen) atoms. The van der Waals surface area contributed by atoms with Gasteiger partial charge in [-0.15, -0.1) is 19.0 Å². The summed E-state index contributed by atoms with van der Waals surface area (Å²) >= 11 is 0. The number of hydrogen-bond donors (Lipinski definition) is 2. The van der Waals surface area contributed by atoms with Crippen molar-refractivity contribution in [2.24, 2.45) is 5.73 Å². The minimum absolute atomic E-state index is 0. The van der Waals surface area contributed by atoms with E-state index in [1.807, 2.05) is 0 Å². The van der Waals surface area contributed by atoms with Gasteiger partial charge in [0.2, 0.25) is 0 Å². The lowest BCUT2D eigenvalue weighted by Crippen LogP contribution is -2.29. The van der Waals surface area contributed by atoms with Crippen molar-refractivity contribution in [1.29, 1.82) is 0 Å². The first-order valence-electron chi connectivity index (χ1n) is 2.24. The first-order valence-corrected chi connectivity index (χ1v) is 2.24. The zero-order valence-corrected chi connectivity index (χ0v) is 5.69. The molecule has 3 heteroatoms. The van der Waals surface area contributed by atoms with Crippen molar-refractivity contribution in [3.8, 4) is 0 Å². The smallest absolute Gasteiger partial charge is 0.0698 e. The molecular weight excluding hydrogens is 126 g/mol. The maximum Gasteiger partial charge on any atom is 0.0698 e. The van der Waals surface area contributed by atoms with E-state index < -0.39 is 6.10 Å². The van der Waals surface area contributed by atoms with Crippen molar-refractivity contribution in [2.45, 2.75) is 19.1 Å². The van der Waals surface area contributed by atoms with Crippen LogP contribution < -0.4 is 5.73 Å². The lowest BCUT2D eigenvalue weighted by Gasteiger charge is -2.06. The van der Waals surface area contributed by atoms with Crippen LogP contribution in [0.25, 0.3) is 0 Å². The Morgan fingerprint density at radius 1 is 1.75 bits per heavy atom. The minimum atomic E-state index is -0.475. The summed E-state index contributed by atoms with van der Waals surface area (Å²) in [7, 11) is 0. The Morgan fingerprint density at radius 3 is 2.12 bits per heavy atom. The van der Waals surface area contributed by atoms with Crippen LogP contribution in [0.4, 0.5) is 0 Å². The number of halogens is 1. The third-order valence-electron chi connectivity index (χ3n) is 0.829. The fourth-order valence-electron chi connectivity index (χ4n) is 0.197. The van der Waals surface area contributed by atoms with Crippen LogP contribution in [0.5, 0.6) is 0 Å². The van der Waals surface area contributed by atoms with Gasteiger partial charge >= 0.3 is 0 Å². The molecule has 0 aromatic carbocycles. The summed E-state index contributed by atoms with van der Waals surface area (Å²) in [5.74, 6) is 0. The highest BCUT2D eigenvalue weighted by molar-refractivity contribution is 5.85. The molecule has 0 bridgehead atoms. The van der Waals surface area contributed by atoms with Crippen LogP contribution in [0.2, 0.25) is 0 Å². The first kappa shape index (κ1) is 10.8. The van der Waals surface area contributed by atoms with Gasteiger partial charge in [0.25, 0.3) is 0 Å². The van der Waals surface area contributed by atoms with Gasteiger partial charge < -0.3 is 10.8 Å². The number of aliphatic hydroxyl groups excluding tert-OH is 1. The van der Waals surface area contributed by atoms with E-state index in [-0.39, 0.29) is 18.4 Å². The van der Waals surface area contributed by atoms with E-state index >= 15 is 0 Å². The highest BCUT2D eigenvalue weighted by atomic mass is 35.5. The molecule has 0 fully saturated rings. The van der Waals surface area contributed by atoms with E-state index in [1.54, 1.807) is 6.92 Å². The van der Waals surface area contributed by atoms with Gasteiger partial charge in [0, 0.05) is 6.04 Å². The first-order chi connectivity index (χ1) is 3.18. The van der Waals surface area contributed by atoms with E-state index in [4.69, 9.17) is 10.8 Å². The summed E-state index contributed by atoms with van der Waals surface area (Å²) < 4.78 is 0. The van der Waals surface area contributed by atoms with Crippen LogP contribution in [0, 0.1) is 0 Å². The Bertz CT molecular complexity index is 65.4. The van der Waals surface area contributed by atoms with Gasteiger partial charge in [0.05, 0.1) is 6.10 Å². The molecule has 2 nitrogen and oxygen atoms in total. The Morgan fingerprint density at radius 2 is 2.12 bits per heavy atom. The lowest BCUT2D eigenvalue weighted by molar-refractivity contribution is 0.180. The van der Waals surface area contributed by atoms with Crippen molar-refractivity contribution < 1.29 is 5.11 Å². The van der Waals surface area contributed by atoms with Crippen molar-refractivity contribution in [3.05, 3.63) is 12.7 Å². The van der Waals surface area contributed by atoms with Crippen LogP contribution in [-0.4, -0.2) is 17.3 Å². The topological polar surface area (TPSA) is 46.2 Å². The average Bonchev–Trinajstić information content (AvgIpc) is 1.65. The molecule has 0 aliphatic rings. The van der Waals surface area contributed by atoms with Crippen LogP contribution in [-0.2, 0) is 0 Å². The molecule has 0 aliphatic heterocycles. The zero-order valence-electron chi connectivity index (χ0n) is 4.87. The summed E-state index contributed by atoms with van der Waals surface area (Å²) in [6.07, 6.45) is 1.04. The van der Waals surface area contributed by atoms with E-state index in [2.05, 4.69) is 6.58 Å². The summed E-state index contributed by atoms with van der Waals surface area (Å²) in [4.78, 5) is 0. The zero-order chi connectivity index (χ0) is 5.86. The molecule has 0 radical (unpaired) electrons. The second-order valence-electron chi connectivity index (χ2n) is 1.55. The molecule has 0 aliphatic carbocycles. The molecule has 0 unspecified atom stereocenters. The molecule has 0 saturated heterocycles. The maximum absolute atomic E-state index is 8.62. The van der Waals surface area contributed by atoms with Gasteiger partial charge in [-0.1, -0.05) is 6.08 Å². The molecule has 0 spiro atoms. The highest BCUT2D eigenvalue weighted by Crippen LogP contribution is 1.85. The normalized spacial score (nSPS) is 15.9. The quantitative estimate of drug-likeness (QED) is 0.538. The third kappa shape index (κ3) is 4.12. The standard InChI is InChI=1S/C5H11NO.ClH/c1-3-5(6)4(2)7;/h3-5,7H,1,6H2,2H3;1H/t4-,5-;/m1./s1. The predicted molar refractivity (Wildman–Crippen MR) is 37.1 cm³/mol. The molecular formula is C5H12ClNO.